The summed E-state index contributed by atoms with van der Waals surface area (Å²) in [7, 11) is 0. The van der Waals surface area contributed by atoms with Crippen LogP contribution in [0.4, 0.5) is 0 Å². The lowest BCUT2D eigenvalue weighted by Gasteiger charge is -2.18. The van der Waals surface area contributed by atoms with Crippen molar-refractivity contribution < 1.29 is 4.52 Å². The third-order valence-electron chi connectivity index (χ3n) is 3.80. The first kappa shape index (κ1) is 12.4. The quantitative estimate of drug-likeness (QED) is 0.914. The van der Waals surface area contributed by atoms with Gasteiger partial charge in [0.25, 0.3) is 0 Å². The fourth-order valence-corrected chi connectivity index (χ4v) is 2.41. The van der Waals surface area contributed by atoms with Gasteiger partial charge in [-0.3, -0.25) is 0 Å². The number of hydrogen-bond donors (Lipinski definition) is 1. The highest BCUT2D eigenvalue weighted by molar-refractivity contribution is 5.24. The van der Waals surface area contributed by atoms with Gasteiger partial charge in [-0.1, -0.05) is 35.0 Å². The third kappa shape index (κ3) is 2.54. The molecule has 1 heterocycles. The molecule has 1 atom stereocenters. The Morgan fingerprint density at radius 2 is 2.21 bits per heavy atom. The maximum absolute atomic E-state index is 6.28. The van der Waals surface area contributed by atoms with E-state index < -0.39 is 5.54 Å². The van der Waals surface area contributed by atoms with E-state index in [9.17, 15) is 0 Å². The zero-order valence-corrected chi connectivity index (χ0v) is 11.4. The first-order valence-corrected chi connectivity index (χ1v) is 6.73. The van der Waals surface area contributed by atoms with Crippen LogP contribution < -0.4 is 5.73 Å². The fourth-order valence-electron chi connectivity index (χ4n) is 2.41. The van der Waals surface area contributed by atoms with E-state index in [1.54, 1.807) is 0 Å². The number of nitrogens with two attached hydrogens (primary N) is 1. The largest absolute Gasteiger partial charge is 0.337 e. The van der Waals surface area contributed by atoms with Crippen molar-refractivity contribution in [2.45, 2.75) is 38.6 Å². The first-order chi connectivity index (χ1) is 9.05. The van der Waals surface area contributed by atoms with E-state index in [-0.39, 0.29) is 0 Å². The Balaban J connectivity index is 1.78. The van der Waals surface area contributed by atoms with Gasteiger partial charge in [0.15, 0.2) is 5.82 Å². The van der Waals surface area contributed by atoms with Gasteiger partial charge >= 0.3 is 0 Å². The summed E-state index contributed by atoms with van der Waals surface area (Å²) in [5.74, 6) is 1.76. The molecule has 0 bridgehead atoms. The molecule has 0 amide bonds. The van der Waals surface area contributed by atoms with Crippen LogP contribution in [0.15, 0.2) is 28.8 Å². The molecule has 2 N–H and O–H groups in total. The number of nitrogens with zero attached hydrogens (tertiary/aromatic N) is 2. The van der Waals surface area contributed by atoms with E-state index in [0.29, 0.717) is 24.1 Å². The van der Waals surface area contributed by atoms with Gasteiger partial charge in [0.05, 0.1) is 5.54 Å². The Morgan fingerprint density at radius 1 is 1.42 bits per heavy atom. The summed E-state index contributed by atoms with van der Waals surface area (Å²) < 4.78 is 5.35. The van der Waals surface area contributed by atoms with Crippen molar-refractivity contribution in [1.29, 1.82) is 0 Å². The summed E-state index contributed by atoms with van der Waals surface area (Å²) in [6.45, 7) is 4.06. The van der Waals surface area contributed by atoms with Crippen molar-refractivity contribution in [3.05, 3.63) is 47.1 Å². The fraction of sp³-hybridized carbons (Fsp3) is 0.467. The van der Waals surface area contributed by atoms with Crippen molar-refractivity contribution in [3.63, 3.8) is 0 Å². The molecule has 1 unspecified atom stereocenters. The Hall–Kier alpha value is -1.68. The molecule has 4 nitrogen and oxygen atoms in total. The highest BCUT2D eigenvalue weighted by Gasteiger charge is 2.43. The molecule has 0 radical (unpaired) electrons. The van der Waals surface area contributed by atoms with Gasteiger partial charge in [0, 0.05) is 6.42 Å². The van der Waals surface area contributed by atoms with Crippen LogP contribution in [0.5, 0.6) is 0 Å². The molecule has 0 saturated heterocycles. The van der Waals surface area contributed by atoms with Gasteiger partial charge < -0.3 is 10.3 Å². The standard InChI is InChI=1S/C15H19N3O/c1-10-4-3-5-11(8-10)9-13-17-14(19-18-13)15(2,16)12-6-7-12/h3-5,8,12H,6-7,9,16H2,1-2H3. The molecule has 2 aromatic rings. The summed E-state index contributed by atoms with van der Waals surface area (Å²) >= 11 is 0. The lowest BCUT2D eigenvalue weighted by atomic mass is 9.97. The molecule has 4 heteroatoms. The van der Waals surface area contributed by atoms with Crippen LogP contribution in [-0.2, 0) is 12.0 Å². The molecule has 100 valence electrons. The lowest BCUT2D eigenvalue weighted by Crippen LogP contribution is -2.35. The number of aromatic nitrogens is 2. The first-order valence-electron chi connectivity index (χ1n) is 6.73. The minimum Gasteiger partial charge on any atom is -0.337 e. The van der Waals surface area contributed by atoms with Crippen molar-refractivity contribution in [2.24, 2.45) is 11.7 Å². The summed E-state index contributed by atoms with van der Waals surface area (Å²) in [6, 6.07) is 8.34. The normalized spacial score (nSPS) is 18.3. The molecule has 0 spiro atoms. The van der Waals surface area contributed by atoms with Gasteiger partial charge in [0.2, 0.25) is 5.89 Å². The minimum atomic E-state index is -0.474. The topological polar surface area (TPSA) is 64.9 Å². The second-order valence-corrected chi connectivity index (χ2v) is 5.74. The SMILES string of the molecule is Cc1cccc(Cc2noc(C(C)(N)C3CC3)n2)c1. The molecule has 1 fully saturated rings. The van der Waals surface area contributed by atoms with E-state index in [4.69, 9.17) is 10.3 Å². The van der Waals surface area contributed by atoms with Crippen molar-refractivity contribution in [2.75, 3.05) is 0 Å². The summed E-state index contributed by atoms with van der Waals surface area (Å²) in [4.78, 5) is 4.47. The second kappa shape index (κ2) is 4.46. The molecule has 1 aromatic carbocycles. The molecule has 1 saturated carbocycles. The average Bonchev–Trinajstić information content (AvgIpc) is 3.11. The third-order valence-corrected chi connectivity index (χ3v) is 3.80. The molecule has 1 aliphatic rings. The van der Waals surface area contributed by atoms with E-state index in [1.807, 2.05) is 13.0 Å². The highest BCUT2D eigenvalue weighted by Crippen LogP contribution is 2.43. The monoisotopic (exact) mass is 257 g/mol. The zero-order valence-electron chi connectivity index (χ0n) is 11.4. The maximum Gasteiger partial charge on any atom is 0.246 e. The number of hydrogen-bond acceptors (Lipinski definition) is 4. The Bertz CT molecular complexity index is 585. The second-order valence-electron chi connectivity index (χ2n) is 5.74. The van der Waals surface area contributed by atoms with Crippen LogP contribution >= 0.6 is 0 Å². The van der Waals surface area contributed by atoms with Crippen LogP contribution in [0.2, 0.25) is 0 Å². The molecule has 0 aliphatic heterocycles. The van der Waals surface area contributed by atoms with Crippen LogP contribution in [0.1, 0.15) is 42.6 Å². The van der Waals surface area contributed by atoms with E-state index >= 15 is 0 Å². The van der Waals surface area contributed by atoms with Crippen molar-refractivity contribution in [1.82, 2.24) is 10.1 Å². The minimum absolute atomic E-state index is 0.474. The van der Waals surface area contributed by atoms with Crippen molar-refractivity contribution in [3.8, 4) is 0 Å². The van der Waals surface area contributed by atoms with Gasteiger partial charge in [-0.05, 0) is 38.2 Å². The Morgan fingerprint density at radius 3 is 2.89 bits per heavy atom. The van der Waals surface area contributed by atoms with Crippen LogP contribution in [-0.4, -0.2) is 10.1 Å². The van der Waals surface area contributed by atoms with Gasteiger partial charge in [-0.15, -0.1) is 0 Å². The van der Waals surface area contributed by atoms with E-state index in [1.165, 1.54) is 11.1 Å². The van der Waals surface area contributed by atoms with Crippen LogP contribution in [0.3, 0.4) is 0 Å². The Kier molecular flexibility index (Phi) is 2.90. The van der Waals surface area contributed by atoms with Gasteiger partial charge in [0.1, 0.15) is 0 Å². The summed E-state index contributed by atoms with van der Waals surface area (Å²) in [6.07, 6.45) is 3.00. The summed E-state index contributed by atoms with van der Waals surface area (Å²) in [5.41, 5.74) is 8.23. The molecule has 19 heavy (non-hydrogen) atoms. The number of aryl methyl sites for hydroxylation is 1. The highest BCUT2D eigenvalue weighted by atomic mass is 16.5. The lowest BCUT2D eigenvalue weighted by molar-refractivity contribution is 0.272. The zero-order chi connectivity index (χ0) is 13.5. The van der Waals surface area contributed by atoms with Crippen LogP contribution in [0.25, 0.3) is 0 Å². The molecular formula is C15H19N3O. The van der Waals surface area contributed by atoms with Crippen molar-refractivity contribution >= 4 is 0 Å². The number of benzene rings is 1. The predicted molar refractivity (Wildman–Crippen MR) is 72.5 cm³/mol. The van der Waals surface area contributed by atoms with E-state index in [2.05, 4.69) is 35.3 Å². The van der Waals surface area contributed by atoms with E-state index in [0.717, 1.165) is 12.8 Å². The maximum atomic E-state index is 6.28. The molecule has 1 aromatic heterocycles. The molecule has 1 aliphatic carbocycles. The summed E-state index contributed by atoms with van der Waals surface area (Å²) in [5, 5.41) is 4.05. The Labute approximate surface area is 113 Å². The molecular weight excluding hydrogens is 238 g/mol. The molecule has 3 rings (SSSR count). The predicted octanol–water partition coefficient (Wildman–Crippen LogP) is 2.55. The number of rotatable bonds is 4. The van der Waals surface area contributed by atoms with Crippen LogP contribution in [0, 0.1) is 12.8 Å². The average molecular weight is 257 g/mol. The van der Waals surface area contributed by atoms with Gasteiger partial charge in [-0.2, -0.15) is 4.98 Å². The van der Waals surface area contributed by atoms with Gasteiger partial charge in [-0.25, -0.2) is 0 Å². The smallest absolute Gasteiger partial charge is 0.246 e.